The van der Waals surface area contributed by atoms with E-state index in [1.54, 1.807) is 0 Å². The van der Waals surface area contributed by atoms with E-state index in [-0.39, 0.29) is 26.9 Å². The number of halogens is 1. The molecule has 9 heteroatoms. The lowest BCUT2D eigenvalue weighted by Gasteiger charge is -2.12. The highest BCUT2D eigenvalue weighted by molar-refractivity contribution is 7.92. The molecule has 128 valence electrons. The molecule has 0 saturated carbocycles. The Hall–Kier alpha value is -2.45. The minimum absolute atomic E-state index is 0.0107. The summed E-state index contributed by atoms with van der Waals surface area (Å²) in [5.74, 6) is -0.619. The maximum Gasteiger partial charge on any atom is 0.337 e. The van der Waals surface area contributed by atoms with Gasteiger partial charge in [-0.2, -0.15) is 0 Å². The van der Waals surface area contributed by atoms with Crippen LogP contribution in [0.5, 0.6) is 11.5 Å². The van der Waals surface area contributed by atoms with Gasteiger partial charge in [-0.25, -0.2) is 13.2 Å². The molecular formula is C15H14ClNO6S. The first-order valence-electron chi connectivity index (χ1n) is 6.56. The van der Waals surface area contributed by atoms with Crippen LogP contribution in [0.3, 0.4) is 0 Å². The number of carboxylic acid groups (broad SMARTS) is 1. The summed E-state index contributed by atoms with van der Waals surface area (Å²) < 4.78 is 37.3. The molecule has 0 aromatic heterocycles. The van der Waals surface area contributed by atoms with Gasteiger partial charge < -0.3 is 14.6 Å². The second-order valence-corrected chi connectivity index (χ2v) is 6.71. The fourth-order valence-electron chi connectivity index (χ4n) is 1.95. The Bertz CT molecular complexity index is 882. The molecule has 0 heterocycles. The van der Waals surface area contributed by atoms with Gasteiger partial charge in [-0.05, 0) is 30.3 Å². The van der Waals surface area contributed by atoms with Crippen LogP contribution < -0.4 is 14.2 Å². The number of anilines is 1. The molecule has 0 aliphatic carbocycles. The van der Waals surface area contributed by atoms with Crippen LogP contribution in [-0.4, -0.2) is 33.7 Å². The molecule has 24 heavy (non-hydrogen) atoms. The minimum atomic E-state index is -3.95. The highest BCUT2D eigenvalue weighted by Crippen LogP contribution is 2.30. The Morgan fingerprint density at radius 2 is 1.75 bits per heavy atom. The van der Waals surface area contributed by atoms with Gasteiger partial charge in [0, 0.05) is 11.8 Å². The number of methoxy groups -OCH3 is 2. The van der Waals surface area contributed by atoms with Crippen LogP contribution in [0.15, 0.2) is 41.3 Å². The molecule has 0 amide bonds. The zero-order valence-electron chi connectivity index (χ0n) is 12.7. The van der Waals surface area contributed by atoms with Crippen molar-refractivity contribution in [1.82, 2.24) is 0 Å². The van der Waals surface area contributed by atoms with E-state index >= 15 is 0 Å². The SMILES string of the molecule is COc1ccc(S(=O)(=O)Nc2ccc(Cl)c(C(=O)O)c2)cc1OC. The summed E-state index contributed by atoms with van der Waals surface area (Å²) in [5, 5.41) is 9.05. The number of sulfonamides is 1. The molecule has 7 nitrogen and oxygen atoms in total. The summed E-state index contributed by atoms with van der Waals surface area (Å²) in [6.45, 7) is 0. The van der Waals surface area contributed by atoms with Gasteiger partial charge >= 0.3 is 5.97 Å². The second-order valence-electron chi connectivity index (χ2n) is 4.62. The molecular weight excluding hydrogens is 358 g/mol. The van der Waals surface area contributed by atoms with Crippen LogP contribution in [0.25, 0.3) is 0 Å². The topological polar surface area (TPSA) is 102 Å². The molecule has 2 rings (SSSR count). The third-order valence-electron chi connectivity index (χ3n) is 3.11. The fraction of sp³-hybridized carbons (Fsp3) is 0.133. The van der Waals surface area contributed by atoms with E-state index in [1.165, 1.54) is 44.6 Å². The first-order valence-corrected chi connectivity index (χ1v) is 8.42. The minimum Gasteiger partial charge on any atom is -0.493 e. The Balaban J connectivity index is 2.38. The zero-order valence-corrected chi connectivity index (χ0v) is 14.3. The molecule has 0 radical (unpaired) electrons. The number of rotatable bonds is 6. The van der Waals surface area contributed by atoms with Crippen LogP contribution in [0.1, 0.15) is 10.4 Å². The van der Waals surface area contributed by atoms with E-state index in [1.807, 2.05) is 0 Å². The summed E-state index contributed by atoms with van der Waals surface area (Å²) in [5.41, 5.74) is -0.129. The van der Waals surface area contributed by atoms with Crippen molar-refractivity contribution in [3.05, 3.63) is 47.0 Å². The van der Waals surface area contributed by atoms with Crippen LogP contribution in [0.2, 0.25) is 5.02 Å². The molecule has 2 aromatic rings. The molecule has 0 saturated heterocycles. The van der Waals surface area contributed by atoms with Crippen LogP contribution in [-0.2, 0) is 10.0 Å². The lowest BCUT2D eigenvalue weighted by Crippen LogP contribution is -2.13. The lowest BCUT2D eigenvalue weighted by atomic mass is 10.2. The monoisotopic (exact) mass is 371 g/mol. The summed E-state index contributed by atoms with van der Waals surface area (Å²) in [6.07, 6.45) is 0. The molecule has 0 unspecified atom stereocenters. The molecule has 0 aliphatic heterocycles. The summed E-state index contributed by atoms with van der Waals surface area (Å²) in [4.78, 5) is 11.0. The number of aromatic carboxylic acids is 1. The summed E-state index contributed by atoms with van der Waals surface area (Å²) in [6, 6.07) is 7.92. The molecule has 2 N–H and O–H groups in total. The Morgan fingerprint density at radius 1 is 1.08 bits per heavy atom. The highest BCUT2D eigenvalue weighted by atomic mass is 35.5. The molecule has 0 bridgehead atoms. The maximum absolute atomic E-state index is 12.4. The van der Waals surface area contributed by atoms with E-state index in [2.05, 4.69) is 4.72 Å². The van der Waals surface area contributed by atoms with Gasteiger partial charge in [-0.1, -0.05) is 11.6 Å². The zero-order chi connectivity index (χ0) is 17.9. The van der Waals surface area contributed by atoms with Crippen molar-refractivity contribution in [1.29, 1.82) is 0 Å². The normalized spacial score (nSPS) is 11.0. The number of benzene rings is 2. The van der Waals surface area contributed by atoms with E-state index in [0.717, 1.165) is 6.07 Å². The van der Waals surface area contributed by atoms with E-state index < -0.39 is 16.0 Å². The third kappa shape index (κ3) is 3.72. The molecule has 0 aliphatic rings. The van der Waals surface area contributed by atoms with Gasteiger partial charge in [0.1, 0.15) is 0 Å². The van der Waals surface area contributed by atoms with Gasteiger partial charge in [-0.3, -0.25) is 4.72 Å². The number of carboxylic acids is 1. The second kappa shape index (κ2) is 6.98. The summed E-state index contributed by atoms with van der Waals surface area (Å²) in [7, 11) is -1.12. The van der Waals surface area contributed by atoms with Gasteiger partial charge in [0.15, 0.2) is 11.5 Å². The quantitative estimate of drug-likeness (QED) is 0.809. The van der Waals surface area contributed by atoms with Gasteiger partial charge in [0.05, 0.1) is 29.7 Å². The third-order valence-corrected chi connectivity index (χ3v) is 4.82. The van der Waals surface area contributed by atoms with Crippen molar-refractivity contribution < 1.29 is 27.8 Å². The smallest absolute Gasteiger partial charge is 0.337 e. The first-order chi connectivity index (χ1) is 11.3. The number of hydrogen-bond acceptors (Lipinski definition) is 5. The standard InChI is InChI=1S/C15H14ClNO6S/c1-22-13-6-4-10(8-14(13)23-2)24(20,21)17-9-3-5-12(16)11(7-9)15(18)19/h3-8,17H,1-2H3,(H,18,19). The van der Waals surface area contributed by atoms with Crippen LogP contribution in [0.4, 0.5) is 5.69 Å². The van der Waals surface area contributed by atoms with Crippen molar-refractivity contribution in [3.8, 4) is 11.5 Å². The number of nitrogens with one attached hydrogen (secondary N) is 1. The Labute approximate surface area is 143 Å². The summed E-state index contributed by atoms with van der Waals surface area (Å²) >= 11 is 5.76. The molecule has 0 fully saturated rings. The van der Waals surface area contributed by atoms with Crippen molar-refractivity contribution in [2.45, 2.75) is 4.90 Å². The predicted octanol–water partition coefficient (Wildman–Crippen LogP) is 2.86. The van der Waals surface area contributed by atoms with Crippen molar-refractivity contribution >= 4 is 33.3 Å². The number of ether oxygens (including phenoxy) is 2. The Morgan fingerprint density at radius 3 is 2.33 bits per heavy atom. The average Bonchev–Trinajstić information content (AvgIpc) is 2.55. The maximum atomic E-state index is 12.4. The van der Waals surface area contributed by atoms with Crippen LogP contribution >= 0.6 is 11.6 Å². The van der Waals surface area contributed by atoms with Gasteiger partial charge in [0.2, 0.25) is 0 Å². The predicted molar refractivity (Wildman–Crippen MR) is 88.8 cm³/mol. The van der Waals surface area contributed by atoms with Gasteiger partial charge in [-0.15, -0.1) is 0 Å². The molecule has 0 atom stereocenters. The number of hydrogen-bond donors (Lipinski definition) is 2. The number of carbonyl (C=O) groups is 1. The molecule has 0 spiro atoms. The van der Waals surface area contributed by atoms with Gasteiger partial charge in [0.25, 0.3) is 10.0 Å². The largest absolute Gasteiger partial charge is 0.493 e. The van der Waals surface area contributed by atoms with E-state index in [0.29, 0.717) is 5.75 Å². The van der Waals surface area contributed by atoms with Crippen LogP contribution in [0, 0.1) is 0 Å². The average molecular weight is 372 g/mol. The molecule has 2 aromatic carbocycles. The van der Waals surface area contributed by atoms with E-state index in [9.17, 15) is 13.2 Å². The highest BCUT2D eigenvalue weighted by Gasteiger charge is 2.18. The van der Waals surface area contributed by atoms with Crippen molar-refractivity contribution in [3.63, 3.8) is 0 Å². The fourth-order valence-corrected chi connectivity index (χ4v) is 3.21. The van der Waals surface area contributed by atoms with E-state index in [4.69, 9.17) is 26.2 Å². The first kappa shape index (κ1) is 17.9. The lowest BCUT2D eigenvalue weighted by molar-refractivity contribution is 0.0697. The van der Waals surface area contributed by atoms with Crippen molar-refractivity contribution in [2.75, 3.05) is 18.9 Å². The van der Waals surface area contributed by atoms with Crippen molar-refractivity contribution in [2.24, 2.45) is 0 Å². The Kier molecular flexibility index (Phi) is 5.20.